The quantitative estimate of drug-likeness (QED) is 0.692. The van der Waals surface area contributed by atoms with Crippen molar-refractivity contribution in [3.05, 3.63) is 29.8 Å². The number of amides is 3. The highest BCUT2D eigenvalue weighted by atomic mass is 16.5. The summed E-state index contributed by atoms with van der Waals surface area (Å²) in [5, 5.41) is 9.01. The van der Waals surface area contributed by atoms with Gasteiger partial charge in [0.25, 0.3) is 0 Å². The molecule has 6 heteroatoms. The molecule has 3 N–H and O–H groups in total. The van der Waals surface area contributed by atoms with Crippen molar-refractivity contribution < 1.29 is 14.3 Å². The first-order valence-corrected chi connectivity index (χ1v) is 9.13. The van der Waals surface area contributed by atoms with Gasteiger partial charge in [-0.15, -0.1) is 0 Å². The number of para-hydroxylation sites is 1. The maximum Gasteiger partial charge on any atom is 0.315 e. The zero-order valence-corrected chi connectivity index (χ0v) is 14.8. The highest BCUT2D eigenvalue weighted by Gasteiger charge is 2.48. The van der Waals surface area contributed by atoms with Crippen LogP contribution in [0.1, 0.15) is 44.1 Å². The summed E-state index contributed by atoms with van der Waals surface area (Å²) in [4.78, 5) is 23.8. The number of piperidine rings is 1. The fraction of sp³-hybridized carbons (Fsp3) is 0.579. The Morgan fingerprint density at radius 1 is 1.36 bits per heavy atom. The third-order valence-electron chi connectivity index (χ3n) is 5.22. The summed E-state index contributed by atoms with van der Waals surface area (Å²) < 4.78 is 5.72. The van der Waals surface area contributed by atoms with E-state index in [1.54, 1.807) is 0 Å². The average Bonchev–Trinajstić information content (AvgIpc) is 2.56. The van der Waals surface area contributed by atoms with Crippen LogP contribution < -0.4 is 20.7 Å². The van der Waals surface area contributed by atoms with Gasteiger partial charge in [0.05, 0.1) is 18.2 Å². The average molecular weight is 345 g/mol. The zero-order chi connectivity index (χ0) is 17.7. The van der Waals surface area contributed by atoms with Crippen molar-refractivity contribution in [3.63, 3.8) is 0 Å². The lowest BCUT2D eigenvalue weighted by atomic mass is 9.68. The number of ether oxygens (including phenoxy) is 1. The van der Waals surface area contributed by atoms with E-state index in [1.165, 1.54) is 0 Å². The highest BCUT2D eigenvalue weighted by Crippen LogP contribution is 2.38. The number of aryl methyl sites for hydroxylation is 1. The van der Waals surface area contributed by atoms with E-state index in [-0.39, 0.29) is 23.5 Å². The number of hydrogen-bond donors (Lipinski definition) is 3. The first-order valence-electron chi connectivity index (χ1n) is 9.13. The van der Waals surface area contributed by atoms with Crippen LogP contribution in [0.25, 0.3) is 0 Å². The van der Waals surface area contributed by atoms with Crippen molar-refractivity contribution in [2.45, 2.75) is 57.0 Å². The molecule has 1 aliphatic carbocycles. The molecule has 1 aliphatic heterocycles. The maximum absolute atomic E-state index is 12.1. The second-order valence-electron chi connectivity index (χ2n) is 7.02. The number of nitrogens with one attached hydrogen (secondary N) is 3. The van der Waals surface area contributed by atoms with Gasteiger partial charge in [-0.05, 0) is 50.7 Å². The smallest absolute Gasteiger partial charge is 0.315 e. The summed E-state index contributed by atoms with van der Waals surface area (Å²) >= 11 is 0. The van der Waals surface area contributed by atoms with Crippen LogP contribution in [0, 0.1) is 6.92 Å². The van der Waals surface area contributed by atoms with Gasteiger partial charge in [0.1, 0.15) is 5.75 Å². The molecule has 3 rings (SSSR count). The Labute approximate surface area is 148 Å². The van der Waals surface area contributed by atoms with E-state index in [1.807, 2.05) is 31.2 Å². The standard InChI is InChI=1S/C19H27N3O3/c1-14-6-2-3-7-15(14)25-13-5-12-20-18(24)21-16-8-9-17(23)22-19(16)10-4-11-19/h2-3,6-7,16H,4-5,8-13H2,1H3,(H,22,23)(H2,20,21,24). The van der Waals surface area contributed by atoms with Gasteiger partial charge in [-0.1, -0.05) is 18.2 Å². The lowest BCUT2D eigenvalue weighted by Gasteiger charge is -2.50. The molecular formula is C19H27N3O3. The lowest BCUT2D eigenvalue weighted by Crippen LogP contribution is -2.69. The van der Waals surface area contributed by atoms with Crippen molar-refractivity contribution in [1.29, 1.82) is 0 Å². The Morgan fingerprint density at radius 2 is 2.16 bits per heavy atom. The van der Waals surface area contributed by atoms with Crippen LogP contribution in [0.15, 0.2) is 24.3 Å². The number of carbonyl (C=O) groups is 2. The Morgan fingerprint density at radius 3 is 2.88 bits per heavy atom. The second kappa shape index (κ2) is 7.76. The minimum absolute atomic E-state index is 0.0298. The monoisotopic (exact) mass is 345 g/mol. The van der Waals surface area contributed by atoms with Gasteiger partial charge in [-0.3, -0.25) is 4.79 Å². The molecule has 1 heterocycles. The Hall–Kier alpha value is -2.24. The first-order chi connectivity index (χ1) is 12.1. The number of carbonyl (C=O) groups excluding carboxylic acids is 2. The maximum atomic E-state index is 12.1. The molecule has 1 spiro atoms. The molecule has 25 heavy (non-hydrogen) atoms. The Balaban J connectivity index is 1.35. The topological polar surface area (TPSA) is 79.5 Å². The molecule has 1 atom stereocenters. The minimum Gasteiger partial charge on any atom is -0.493 e. The fourth-order valence-electron chi connectivity index (χ4n) is 3.60. The van der Waals surface area contributed by atoms with E-state index < -0.39 is 0 Å². The summed E-state index contributed by atoms with van der Waals surface area (Å²) in [5.41, 5.74) is 0.902. The predicted octanol–water partition coefficient (Wildman–Crippen LogP) is 2.26. The van der Waals surface area contributed by atoms with E-state index in [2.05, 4.69) is 16.0 Å². The van der Waals surface area contributed by atoms with Gasteiger partial charge in [0, 0.05) is 13.0 Å². The third-order valence-corrected chi connectivity index (χ3v) is 5.22. The van der Waals surface area contributed by atoms with E-state index >= 15 is 0 Å². The van der Waals surface area contributed by atoms with Crippen molar-refractivity contribution in [2.24, 2.45) is 0 Å². The fourth-order valence-corrected chi connectivity index (χ4v) is 3.60. The van der Waals surface area contributed by atoms with Crippen LogP contribution in [0.3, 0.4) is 0 Å². The molecule has 1 saturated heterocycles. The molecule has 0 bridgehead atoms. The normalized spacial score (nSPS) is 21.2. The molecule has 2 aliphatic rings. The van der Waals surface area contributed by atoms with Crippen molar-refractivity contribution in [3.8, 4) is 5.75 Å². The van der Waals surface area contributed by atoms with Gasteiger partial charge < -0.3 is 20.7 Å². The van der Waals surface area contributed by atoms with Crippen LogP contribution in [-0.2, 0) is 4.79 Å². The Kier molecular flexibility index (Phi) is 5.46. The van der Waals surface area contributed by atoms with Crippen LogP contribution in [0.4, 0.5) is 4.79 Å². The molecule has 6 nitrogen and oxygen atoms in total. The van der Waals surface area contributed by atoms with E-state index in [0.29, 0.717) is 19.6 Å². The minimum atomic E-state index is -0.208. The Bertz CT molecular complexity index is 628. The van der Waals surface area contributed by atoms with E-state index in [0.717, 1.165) is 43.4 Å². The molecule has 1 aromatic rings. The molecule has 3 amide bonds. The van der Waals surface area contributed by atoms with Crippen molar-refractivity contribution in [2.75, 3.05) is 13.2 Å². The van der Waals surface area contributed by atoms with Crippen LogP contribution in [0.5, 0.6) is 5.75 Å². The SMILES string of the molecule is Cc1ccccc1OCCCNC(=O)NC1CCC(=O)NC12CCC2. The van der Waals surface area contributed by atoms with Crippen LogP contribution in [-0.4, -0.2) is 36.7 Å². The summed E-state index contributed by atoms with van der Waals surface area (Å²) in [7, 11) is 0. The van der Waals surface area contributed by atoms with Crippen molar-refractivity contribution in [1.82, 2.24) is 16.0 Å². The largest absolute Gasteiger partial charge is 0.493 e. The summed E-state index contributed by atoms with van der Waals surface area (Å²) in [5.74, 6) is 0.989. The molecule has 0 aromatic heterocycles. The first kappa shape index (κ1) is 17.6. The molecule has 136 valence electrons. The second-order valence-corrected chi connectivity index (χ2v) is 7.02. The molecule has 1 unspecified atom stereocenters. The molecule has 2 fully saturated rings. The lowest BCUT2D eigenvalue weighted by molar-refractivity contribution is -0.127. The molecular weight excluding hydrogens is 318 g/mol. The third kappa shape index (κ3) is 4.24. The van der Waals surface area contributed by atoms with Gasteiger partial charge in [-0.2, -0.15) is 0 Å². The van der Waals surface area contributed by atoms with Crippen LogP contribution in [0.2, 0.25) is 0 Å². The summed E-state index contributed by atoms with van der Waals surface area (Å²) in [6.45, 7) is 3.14. The predicted molar refractivity (Wildman–Crippen MR) is 95.6 cm³/mol. The van der Waals surface area contributed by atoms with Gasteiger partial charge >= 0.3 is 6.03 Å². The number of urea groups is 1. The van der Waals surface area contributed by atoms with Gasteiger partial charge in [0.2, 0.25) is 5.91 Å². The van der Waals surface area contributed by atoms with Crippen LogP contribution >= 0.6 is 0 Å². The van der Waals surface area contributed by atoms with Gasteiger partial charge in [0.15, 0.2) is 0 Å². The highest BCUT2D eigenvalue weighted by molar-refractivity contribution is 5.79. The summed E-state index contributed by atoms with van der Waals surface area (Å²) in [6, 6.07) is 7.76. The zero-order valence-electron chi connectivity index (χ0n) is 14.8. The van der Waals surface area contributed by atoms with E-state index in [9.17, 15) is 9.59 Å². The molecule has 1 aromatic carbocycles. The van der Waals surface area contributed by atoms with E-state index in [4.69, 9.17) is 4.74 Å². The number of benzene rings is 1. The molecule has 0 radical (unpaired) electrons. The number of rotatable bonds is 6. The molecule has 1 saturated carbocycles. The van der Waals surface area contributed by atoms with Gasteiger partial charge in [-0.25, -0.2) is 4.79 Å². The van der Waals surface area contributed by atoms with Crippen molar-refractivity contribution >= 4 is 11.9 Å². The summed E-state index contributed by atoms with van der Waals surface area (Å²) in [6.07, 6.45) is 4.96. The number of hydrogen-bond acceptors (Lipinski definition) is 3.